The number of benzene rings is 1. The molecule has 2 N–H and O–H groups in total. The number of sulfonamides is 1. The van der Waals surface area contributed by atoms with Crippen LogP contribution in [0.15, 0.2) is 23.1 Å². The van der Waals surface area contributed by atoms with Gasteiger partial charge >= 0.3 is 6.03 Å². The molecule has 0 bridgehead atoms. The summed E-state index contributed by atoms with van der Waals surface area (Å²) in [4.78, 5) is 23.9. The summed E-state index contributed by atoms with van der Waals surface area (Å²) in [5.74, 6) is -2.82. The number of imide groups is 1. The Hall–Kier alpha value is -2.11. The molecular weight excluding hydrogens is 370 g/mol. The van der Waals surface area contributed by atoms with Crippen LogP contribution in [0.25, 0.3) is 0 Å². The Morgan fingerprint density at radius 3 is 2.15 bits per heavy atom. The lowest BCUT2D eigenvalue weighted by molar-refractivity contribution is -0.125. The first-order valence-electron chi connectivity index (χ1n) is 7.89. The molecule has 1 aromatic rings. The van der Waals surface area contributed by atoms with E-state index in [1.165, 1.54) is 7.05 Å². The Morgan fingerprint density at radius 1 is 1.12 bits per heavy atom. The maximum Gasteiger partial charge on any atom is 0.321 e. The number of urea groups is 1. The topological polar surface area (TPSA) is 98.8 Å². The number of rotatable bonds is 4. The zero-order chi connectivity index (χ0) is 19.5. The molecule has 1 heterocycles. The summed E-state index contributed by atoms with van der Waals surface area (Å²) in [6.45, 7) is 1.87. The zero-order valence-electron chi connectivity index (χ0n) is 14.3. The monoisotopic (exact) mass is 390 g/mol. The SMILES string of the molecule is CNC(=O)NC(=O)[C@@H](C)N1CCN(S(=O)(=O)c2c(F)cccc2F)CC1. The highest BCUT2D eigenvalue weighted by molar-refractivity contribution is 7.89. The number of hydrogen-bond donors (Lipinski definition) is 2. The number of piperazine rings is 1. The second-order valence-corrected chi connectivity index (χ2v) is 7.61. The Balaban J connectivity index is 2.06. The molecule has 1 aliphatic heterocycles. The average molecular weight is 390 g/mol. The number of nitrogens with one attached hydrogen (secondary N) is 2. The van der Waals surface area contributed by atoms with E-state index >= 15 is 0 Å². The molecule has 0 unspecified atom stereocenters. The maximum absolute atomic E-state index is 13.8. The van der Waals surface area contributed by atoms with Crippen LogP contribution in [-0.4, -0.2) is 68.8 Å². The van der Waals surface area contributed by atoms with Crippen LogP contribution in [0.5, 0.6) is 0 Å². The van der Waals surface area contributed by atoms with Crippen molar-refractivity contribution in [2.75, 3.05) is 33.2 Å². The van der Waals surface area contributed by atoms with E-state index in [4.69, 9.17) is 0 Å². The van der Waals surface area contributed by atoms with Gasteiger partial charge in [0.15, 0.2) is 4.90 Å². The van der Waals surface area contributed by atoms with E-state index in [9.17, 15) is 26.8 Å². The minimum atomic E-state index is -4.32. The van der Waals surface area contributed by atoms with Crippen LogP contribution in [0.2, 0.25) is 0 Å². The molecule has 1 fully saturated rings. The van der Waals surface area contributed by atoms with Gasteiger partial charge in [0.25, 0.3) is 0 Å². The van der Waals surface area contributed by atoms with Crippen molar-refractivity contribution in [3.05, 3.63) is 29.8 Å². The second kappa shape index (κ2) is 8.06. The van der Waals surface area contributed by atoms with Crippen LogP contribution in [0.4, 0.5) is 13.6 Å². The molecule has 8 nitrogen and oxygen atoms in total. The molecule has 0 aliphatic carbocycles. The van der Waals surface area contributed by atoms with Gasteiger partial charge in [-0.3, -0.25) is 15.0 Å². The van der Waals surface area contributed by atoms with E-state index in [-0.39, 0.29) is 26.2 Å². The van der Waals surface area contributed by atoms with Gasteiger partial charge in [0.05, 0.1) is 6.04 Å². The third-order valence-electron chi connectivity index (χ3n) is 4.18. The van der Waals surface area contributed by atoms with Crippen molar-refractivity contribution in [3.63, 3.8) is 0 Å². The van der Waals surface area contributed by atoms with Gasteiger partial charge in [0, 0.05) is 33.2 Å². The Labute approximate surface area is 150 Å². The molecule has 3 amide bonds. The predicted molar refractivity (Wildman–Crippen MR) is 88.8 cm³/mol. The molecule has 0 spiro atoms. The van der Waals surface area contributed by atoms with E-state index in [1.54, 1.807) is 11.8 Å². The first-order chi connectivity index (χ1) is 12.2. The van der Waals surface area contributed by atoms with Crippen LogP contribution >= 0.6 is 0 Å². The van der Waals surface area contributed by atoms with Crippen LogP contribution in [0.3, 0.4) is 0 Å². The molecule has 0 radical (unpaired) electrons. The lowest BCUT2D eigenvalue weighted by atomic mass is 10.2. The van der Waals surface area contributed by atoms with Crippen LogP contribution in [-0.2, 0) is 14.8 Å². The van der Waals surface area contributed by atoms with Gasteiger partial charge in [-0.25, -0.2) is 22.0 Å². The molecule has 1 saturated heterocycles. The normalized spacial score (nSPS) is 17.5. The van der Waals surface area contributed by atoms with Crippen molar-refractivity contribution in [1.29, 1.82) is 0 Å². The number of hydrogen-bond acceptors (Lipinski definition) is 5. The highest BCUT2D eigenvalue weighted by atomic mass is 32.2. The van der Waals surface area contributed by atoms with Gasteiger partial charge in [-0.15, -0.1) is 0 Å². The lowest BCUT2D eigenvalue weighted by Crippen LogP contribution is -2.56. The second-order valence-electron chi connectivity index (χ2n) is 5.74. The molecule has 0 saturated carbocycles. The van der Waals surface area contributed by atoms with E-state index in [1.807, 2.05) is 0 Å². The summed E-state index contributed by atoms with van der Waals surface area (Å²) < 4.78 is 53.7. The van der Waals surface area contributed by atoms with E-state index in [0.717, 1.165) is 22.5 Å². The lowest BCUT2D eigenvalue weighted by Gasteiger charge is -2.36. The number of halogens is 2. The fraction of sp³-hybridized carbons (Fsp3) is 0.467. The Bertz CT molecular complexity index is 775. The minimum absolute atomic E-state index is 0.0340. The third-order valence-corrected chi connectivity index (χ3v) is 6.13. The Kier molecular flexibility index (Phi) is 6.26. The smallest absolute Gasteiger partial charge is 0.321 e. The summed E-state index contributed by atoms with van der Waals surface area (Å²) >= 11 is 0. The van der Waals surface area contributed by atoms with E-state index in [0.29, 0.717) is 0 Å². The molecular formula is C15H20F2N4O4S. The minimum Gasteiger partial charge on any atom is -0.341 e. The average Bonchev–Trinajstić information content (AvgIpc) is 2.60. The van der Waals surface area contributed by atoms with Gasteiger partial charge in [0.1, 0.15) is 11.6 Å². The fourth-order valence-corrected chi connectivity index (χ4v) is 4.17. The van der Waals surface area contributed by atoms with Crippen LogP contribution in [0.1, 0.15) is 6.92 Å². The van der Waals surface area contributed by atoms with Crippen molar-refractivity contribution < 1.29 is 26.8 Å². The first-order valence-corrected chi connectivity index (χ1v) is 9.33. The molecule has 11 heteroatoms. The summed E-state index contributed by atoms with van der Waals surface area (Å²) in [6.07, 6.45) is 0. The zero-order valence-corrected chi connectivity index (χ0v) is 15.1. The predicted octanol–water partition coefficient (Wildman–Crippen LogP) is 0.115. The summed E-state index contributed by atoms with van der Waals surface area (Å²) in [5, 5.41) is 4.41. The van der Waals surface area contributed by atoms with Gasteiger partial charge < -0.3 is 5.32 Å². The van der Waals surface area contributed by atoms with Crippen molar-refractivity contribution in [2.45, 2.75) is 17.9 Å². The maximum atomic E-state index is 13.8. The quantitative estimate of drug-likeness (QED) is 0.761. The van der Waals surface area contributed by atoms with Crippen molar-refractivity contribution in [2.24, 2.45) is 0 Å². The Morgan fingerprint density at radius 2 is 1.65 bits per heavy atom. The number of amides is 3. The highest BCUT2D eigenvalue weighted by Crippen LogP contribution is 2.23. The van der Waals surface area contributed by atoms with E-state index < -0.39 is 44.5 Å². The summed E-state index contributed by atoms with van der Waals surface area (Å²) in [5.41, 5.74) is 0. The number of nitrogens with zero attached hydrogens (tertiary/aromatic N) is 2. The first kappa shape index (κ1) is 20.2. The third kappa shape index (κ3) is 4.17. The molecule has 1 aliphatic rings. The standard InChI is InChI=1S/C15H20F2N4O4S/c1-10(14(22)19-15(23)18-2)20-6-8-21(9-7-20)26(24,25)13-11(16)4-3-5-12(13)17/h3-5,10H,6-9H2,1-2H3,(H2,18,19,22,23)/t10-/m1/s1. The summed E-state index contributed by atoms with van der Waals surface area (Å²) in [7, 11) is -2.95. The fourth-order valence-electron chi connectivity index (χ4n) is 2.63. The van der Waals surface area contributed by atoms with Crippen molar-refractivity contribution in [1.82, 2.24) is 19.8 Å². The molecule has 1 atom stereocenters. The van der Waals surface area contributed by atoms with Gasteiger partial charge in [0.2, 0.25) is 15.9 Å². The van der Waals surface area contributed by atoms with Gasteiger partial charge in [-0.05, 0) is 19.1 Å². The number of carbonyl (C=O) groups excluding carboxylic acids is 2. The van der Waals surface area contributed by atoms with E-state index in [2.05, 4.69) is 10.6 Å². The van der Waals surface area contributed by atoms with Crippen molar-refractivity contribution in [3.8, 4) is 0 Å². The molecule has 1 aromatic carbocycles. The summed E-state index contributed by atoms with van der Waals surface area (Å²) in [6, 6.07) is 1.56. The van der Waals surface area contributed by atoms with Gasteiger partial charge in [-0.1, -0.05) is 6.07 Å². The molecule has 0 aromatic heterocycles. The molecule has 26 heavy (non-hydrogen) atoms. The number of carbonyl (C=O) groups is 2. The molecule has 144 valence electrons. The van der Waals surface area contributed by atoms with Crippen molar-refractivity contribution >= 4 is 22.0 Å². The van der Waals surface area contributed by atoms with Crippen LogP contribution in [0, 0.1) is 11.6 Å². The largest absolute Gasteiger partial charge is 0.341 e. The van der Waals surface area contributed by atoms with Gasteiger partial charge in [-0.2, -0.15) is 4.31 Å². The highest BCUT2D eigenvalue weighted by Gasteiger charge is 2.35. The van der Waals surface area contributed by atoms with Crippen LogP contribution < -0.4 is 10.6 Å². The molecule has 2 rings (SSSR count).